The molecule has 0 aromatic rings. The van der Waals surface area contributed by atoms with Crippen molar-refractivity contribution in [3.63, 3.8) is 0 Å². The number of rotatable bonds is 0. The highest BCUT2D eigenvalue weighted by molar-refractivity contribution is 5.80. The van der Waals surface area contributed by atoms with Crippen LogP contribution in [0.1, 0.15) is 12.8 Å². The van der Waals surface area contributed by atoms with Crippen molar-refractivity contribution >= 4 is 11.9 Å². The van der Waals surface area contributed by atoms with Gasteiger partial charge in [-0.05, 0) is 6.42 Å². The lowest BCUT2D eigenvalue weighted by atomic mass is 9.86. The van der Waals surface area contributed by atoms with Crippen LogP contribution in [0.15, 0.2) is 0 Å². The monoisotopic (exact) mass is 183 g/mol. The molecular weight excluding hydrogens is 170 g/mol. The molecule has 2 aliphatic rings. The smallest absolute Gasteiger partial charge is 0.314 e. The fraction of sp³-hybridized carbons (Fsp3) is 0.750. The molecule has 1 spiro atoms. The van der Waals surface area contributed by atoms with E-state index in [1.807, 2.05) is 0 Å². The van der Waals surface area contributed by atoms with Crippen molar-refractivity contribution in [1.82, 2.24) is 10.2 Å². The van der Waals surface area contributed by atoms with Crippen LogP contribution in [0, 0.1) is 5.41 Å². The Bertz CT molecular complexity index is 266. The quantitative estimate of drug-likeness (QED) is 0.520. The lowest BCUT2D eigenvalue weighted by Gasteiger charge is -2.20. The van der Waals surface area contributed by atoms with Crippen LogP contribution >= 0.6 is 0 Å². The second-order valence-electron chi connectivity index (χ2n) is 3.96. The molecule has 2 rings (SSSR count). The van der Waals surface area contributed by atoms with E-state index in [0.717, 1.165) is 6.42 Å². The van der Waals surface area contributed by atoms with Crippen molar-refractivity contribution in [2.24, 2.45) is 11.1 Å². The van der Waals surface area contributed by atoms with Gasteiger partial charge in [0.2, 0.25) is 5.91 Å². The summed E-state index contributed by atoms with van der Waals surface area (Å²) in [7, 11) is 0. The van der Waals surface area contributed by atoms with E-state index < -0.39 is 0 Å². The molecule has 2 heterocycles. The average Bonchev–Trinajstić information content (AvgIpc) is 2.61. The van der Waals surface area contributed by atoms with Crippen LogP contribution in [0.25, 0.3) is 0 Å². The minimum absolute atomic E-state index is 0.0217. The summed E-state index contributed by atoms with van der Waals surface area (Å²) in [5.41, 5.74) is 5.14. The number of hydrogen-bond acceptors (Lipinski definition) is 2. The van der Waals surface area contributed by atoms with Crippen LogP contribution < -0.4 is 11.1 Å². The third kappa shape index (κ3) is 1.34. The number of hydrogen-bond donors (Lipinski definition) is 2. The zero-order chi connectivity index (χ0) is 9.47. The molecule has 0 saturated carbocycles. The molecule has 13 heavy (non-hydrogen) atoms. The van der Waals surface area contributed by atoms with Crippen molar-refractivity contribution in [1.29, 1.82) is 0 Å². The number of nitrogens with one attached hydrogen (secondary N) is 1. The third-order valence-corrected chi connectivity index (χ3v) is 2.95. The van der Waals surface area contributed by atoms with Gasteiger partial charge in [-0.1, -0.05) is 0 Å². The second kappa shape index (κ2) is 2.61. The summed E-state index contributed by atoms with van der Waals surface area (Å²) in [6, 6.07) is -0.378. The molecule has 72 valence electrons. The number of nitrogens with zero attached hydrogens (tertiary/aromatic N) is 1. The van der Waals surface area contributed by atoms with E-state index in [-0.39, 0.29) is 17.4 Å². The number of nitrogens with two attached hydrogens (primary N) is 1. The topological polar surface area (TPSA) is 75.4 Å². The van der Waals surface area contributed by atoms with Crippen molar-refractivity contribution < 1.29 is 9.59 Å². The maximum absolute atomic E-state index is 11.0. The summed E-state index contributed by atoms with van der Waals surface area (Å²) < 4.78 is 0. The molecule has 0 aromatic carbocycles. The Morgan fingerprint density at radius 3 is 2.85 bits per heavy atom. The molecule has 1 atom stereocenters. The third-order valence-electron chi connectivity index (χ3n) is 2.95. The minimum atomic E-state index is -0.378. The number of carbonyl (C=O) groups excluding carboxylic acids is 2. The summed E-state index contributed by atoms with van der Waals surface area (Å²) >= 11 is 0. The molecule has 2 saturated heterocycles. The number of amides is 3. The largest absolute Gasteiger partial charge is 0.355 e. The van der Waals surface area contributed by atoms with Gasteiger partial charge in [0.05, 0.1) is 0 Å². The number of likely N-dealkylation sites (tertiary alicyclic amines) is 1. The summed E-state index contributed by atoms with van der Waals surface area (Å²) in [5.74, 6) is 0.0892. The van der Waals surface area contributed by atoms with E-state index in [1.54, 1.807) is 4.90 Å². The van der Waals surface area contributed by atoms with Crippen LogP contribution in [0.2, 0.25) is 0 Å². The van der Waals surface area contributed by atoms with E-state index in [4.69, 9.17) is 5.73 Å². The van der Waals surface area contributed by atoms with Crippen LogP contribution in [0.4, 0.5) is 4.79 Å². The summed E-state index contributed by atoms with van der Waals surface area (Å²) in [4.78, 5) is 23.5. The zero-order valence-electron chi connectivity index (χ0n) is 7.38. The van der Waals surface area contributed by atoms with Crippen LogP contribution in [-0.4, -0.2) is 36.5 Å². The summed E-state index contributed by atoms with van der Waals surface area (Å²) in [6.07, 6.45) is 1.42. The lowest BCUT2D eigenvalue weighted by Crippen LogP contribution is -2.36. The Morgan fingerprint density at radius 2 is 2.38 bits per heavy atom. The summed E-state index contributed by atoms with van der Waals surface area (Å²) in [5, 5.41) is 2.79. The number of urea groups is 1. The van der Waals surface area contributed by atoms with E-state index in [2.05, 4.69) is 5.32 Å². The standard InChI is InChI=1S/C8H13N3O2/c9-7(13)11-2-1-8(5-11)3-6(12)10-4-8/h1-5H2,(H2,9,13)(H,10,12). The fourth-order valence-electron chi connectivity index (χ4n) is 2.16. The first kappa shape index (κ1) is 8.34. The molecule has 0 bridgehead atoms. The minimum Gasteiger partial charge on any atom is -0.355 e. The zero-order valence-corrected chi connectivity index (χ0v) is 7.38. The van der Waals surface area contributed by atoms with Gasteiger partial charge in [-0.2, -0.15) is 0 Å². The molecule has 0 aliphatic carbocycles. The molecule has 3 amide bonds. The van der Waals surface area contributed by atoms with E-state index in [0.29, 0.717) is 26.1 Å². The molecule has 2 fully saturated rings. The lowest BCUT2D eigenvalue weighted by molar-refractivity contribution is -0.119. The molecule has 5 nitrogen and oxygen atoms in total. The summed E-state index contributed by atoms with van der Waals surface area (Å²) in [6.45, 7) is 2.00. The van der Waals surface area contributed by atoms with Crippen molar-refractivity contribution in [2.75, 3.05) is 19.6 Å². The Balaban J connectivity index is 2.05. The Kier molecular flexibility index (Phi) is 1.68. The molecule has 2 aliphatic heterocycles. The van der Waals surface area contributed by atoms with E-state index >= 15 is 0 Å². The normalized spacial score (nSPS) is 32.6. The van der Waals surface area contributed by atoms with Gasteiger partial charge in [0.15, 0.2) is 0 Å². The van der Waals surface area contributed by atoms with Crippen molar-refractivity contribution in [3.8, 4) is 0 Å². The number of carbonyl (C=O) groups is 2. The van der Waals surface area contributed by atoms with Crippen LogP contribution in [0.3, 0.4) is 0 Å². The van der Waals surface area contributed by atoms with Crippen molar-refractivity contribution in [2.45, 2.75) is 12.8 Å². The van der Waals surface area contributed by atoms with Gasteiger partial charge in [-0.3, -0.25) is 4.79 Å². The average molecular weight is 183 g/mol. The predicted octanol–water partition coefficient (Wildman–Crippen LogP) is -0.723. The highest BCUT2D eigenvalue weighted by atomic mass is 16.2. The molecule has 3 N–H and O–H groups in total. The molecule has 0 aromatic heterocycles. The first-order valence-corrected chi connectivity index (χ1v) is 4.42. The van der Waals surface area contributed by atoms with Crippen LogP contribution in [0.5, 0.6) is 0 Å². The first-order valence-electron chi connectivity index (χ1n) is 4.42. The van der Waals surface area contributed by atoms with Crippen molar-refractivity contribution in [3.05, 3.63) is 0 Å². The molecule has 5 heteroatoms. The molecule has 1 unspecified atom stereocenters. The Hall–Kier alpha value is -1.26. The van der Waals surface area contributed by atoms with Gasteiger partial charge in [-0.25, -0.2) is 4.79 Å². The highest BCUT2D eigenvalue weighted by Crippen LogP contribution is 2.36. The van der Waals surface area contributed by atoms with Gasteiger partial charge in [-0.15, -0.1) is 0 Å². The van der Waals surface area contributed by atoms with Gasteiger partial charge >= 0.3 is 6.03 Å². The Morgan fingerprint density at radius 1 is 1.62 bits per heavy atom. The van der Waals surface area contributed by atoms with E-state index in [9.17, 15) is 9.59 Å². The second-order valence-corrected chi connectivity index (χ2v) is 3.96. The first-order chi connectivity index (χ1) is 6.11. The molecule has 0 radical (unpaired) electrons. The fourth-order valence-corrected chi connectivity index (χ4v) is 2.16. The maximum atomic E-state index is 11.0. The predicted molar refractivity (Wildman–Crippen MR) is 45.8 cm³/mol. The van der Waals surface area contributed by atoms with Gasteiger partial charge in [0.1, 0.15) is 0 Å². The van der Waals surface area contributed by atoms with E-state index in [1.165, 1.54) is 0 Å². The SMILES string of the molecule is NC(=O)N1CCC2(CNC(=O)C2)C1. The van der Waals surface area contributed by atoms with Gasteiger partial charge in [0.25, 0.3) is 0 Å². The highest BCUT2D eigenvalue weighted by Gasteiger charge is 2.44. The Labute approximate surface area is 76.3 Å². The number of primary amides is 1. The van der Waals surface area contributed by atoms with Gasteiger partial charge in [0, 0.05) is 31.5 Å². The van der Waals surface area contributed by atoms with Crippen LogP contribution in [-0.2, 0) is 4.79 Å². The molecular formula is C8H13N3O2. The maximum Gasteiger partial charge on any atom is 0.314 e. The van der Waals surface area contributed by atoms with Gasteiger partial charge < -0.3 is 16.0 Å².